The van der Waals surface area contributed by atoms with Crippen LogP contribution in [0.2, 0.25) is 0 Å². The number of carbonyl (C=O) groups excluding carboxylic acids is 3. The largest absolute Gasteiger partial charge is 0.507 e. The molecule has 1 fully saturated rings. The number of hydrogen-bond donors (Lipinski definition) is 1. The molecule has 1 heterocycles. The van der Waals surface area contributed by atoms with Crippen LogP contribution >= 0.6 is 0 Å². The fourth-order valence-corrected chi connectivity index (χ4v) is 4.84. The molecular formula is C32H33NO7. The molecule has 3 aromatic rings. The van der Waals surface area contributed by atoms with Crippen molar-refractivity contribution in [3.8, 4) is 11.5 Å². The smallest absolute Gasteiger partial charge is 0.309 e. The summed E-state index contributed by atoms with van der Waals surface area (Å²) in [5.74, 6) is -1.07. The van der Waals surface area contributed by atoms with Crippen molar-refractivity contribution in [3.63, 3.8) is 0 Å². The lowest BCUT2D eigenvalue weighted by Crippen LogP contribution is -2.29. The van der Waals surface area contributed by atoms with E-state index in [9.17, 15) is 19.5 Å². The Labute approximate surface area is 233 Å². The molecule has 1 unspecified atom stereocenters. The maximum Gasteiger partial charge on any atom is 0.309 e. The van der Waals surface area contributed by atoms with Gasteiger partial charge in [-0.15, -0.1) is 0 Å². The fraction of sp³-hybridized carbons (Fsp3) is 0.281. The van der Waals surface area contributed by atoms with Crippen molar-refractivity contribution in [2.45, 2.75) is 38.6 Å². The minimum atomic E-state index is -0.929. The first kappa shape index (κ1) is 28.4. The summed E-state index contributed by atoms with van der Waals surface area (Å²) in [5, 5.41) is 11.6. The van der Waals surface area contributed by atoms with Gasteiger partial charge in [0.15, 0.2) is 0 Å². The predicted octanol–water partition coefficient (Wildman–Crippen LogP) is 5.34. The van der Waals surface area contributed by atoms with Gasteiger partial charge in [0.05, 0.1) is 39.4 Å². The molecule has 1 aliphatic heterocycles. The van der Waals surface area contributed by atoms with Crippen LogP contribution in [0.3, 0.4) is 0 Å². The van der Waals surface area contributed by atoms with Crippen LogP contribution in [0.5, 0.6) is 11.5 Å². The Morgan fingerprint density at radius 1 is 0.925 bits per heavy atom. The number of esters is 1. The highest BCUT2D eigenvalue weighted by Crippen LogP contribution is 2.43. The Hall–Kier alpha value is -4.59. The number of rotatable bonds is 7. The second-order valence-electron chi connectivity index (χ2n) is 10.5. The number of hydrogen-bond acceptors (Lipinski definition) is 7. The number of amides is 1. The molecule has 40 heavy (non-hydrogen) atoms. The monoisotopic (exact) mass is 543 g/mol. The van der Waals surface area contributed by atoms with Gasteiger partial charge in [0, 0.05) is 16.8 Å². The van der Waals surface area contributed by atoms with Gasteiger partial charge >= 0.3 is 5.97 Å². The molecule has 3 aromatic carbocycles. The van der Waals surface area contributed by atoms with Crippen LogP contribution in [0, 0.1) is 0 Å². The SMILES string of the molecule is COC(=O)Cc1ccc(N2C(=O)C(=O)/C(=C(\O)c3ccc(OC)c(C(C)(C)C)c3)C2c2cccc(OC)c2)cc1. The summed E-state index contributed by atoms with van der Waals surface area (Å²) in [7, 11) is 4.42. The van der Waals surface area contributed by atoms with Crippen LogP contribution in [0.4, 0.5) is 5.69 Å². The number of nitrogens with zero attached hydrogens (tertiary/aromatic N) is 1. The highest BCUT2D eigenvalue weighted by Gasteiger charge is 2.47. The van der Waals surface area contributed by atoms with E-state index in [0.717, 1.165) is 5.56 Å². The molecule has 1 aliphatic rings. The van der Waals surface area contributed by atoms with E-state index in [2.05, 4.69) is 0 Å². The average Bonchev–Trinajstić information content (AvgIpc) is 3.22. The lowest BCUT2D eigenvalue weighted by molar-refractivity contribution is -0.139. The van der Waals surface area contributed by atoms with E-state index < -0.39 is 23.7 Å². The van der Waals surface area contributed by atoms with Crippen LogP contribution in [0.25, 0.3) is 5.76 Å². The zero-order chi connectivity index (χ0) is 29.2. The number of benzene rings is 3. The normalized spacial score (nSPS) is 16.6. The lowest BCUT2D eigenvalue weighted by Gasteiger charge is -2.26. The van der Waals surface area contributed by atoms with Gasteiger partial charge in [-0.25, -0.2) is 0 Å². The van der Waals surface area contributed by atoms with Gasteiger partial charge in [0.2, 0.25) is 0 Å². The van der Waals surface area contributed by atoms with E-state index in [0.29, 0.717) is 33.9 Å². The van der Waals surface area contributed by atoms with Gasteiger partial charge < -0.3 is 19.3 Å². The van der Waals surface area contributed by atoms with Gasteiger partial charge in [-0.05, 0) is 59.0 Å². The summed E-state index contributed by atoms with van der Waals surface area (Å²) in [6.45, 7) is 6.06. The van der Waals surface area contributed by atoms with Crippen LogP contribution in [0.15, 0.2) is 72.3 Å². The minimum Gasteiger partial charge on any atom is -0.507 e. The fourth-order valence-electron chi connectivity index (χ4n) is 4.84. The Bertz CT molecular complexity index is 1480. The van der Waals surface area contributed by atoms with Gasteiger partial charge in [-0.1, -0.05) is 45.0 Å². The third-order valence-electron chi connectivity index (χ3n) is 6.93. The van der Waals surface area contributed by atoms with E-state index in [1.807, 2.05) is 20.8 Å². The summed E-state index contributed by atoms with van der Waals surface area (Å²) in [6, 6.07) is 18.0. The Morgan fingerprint density at radius 3 is 2.23 bits per heavy atom. The summed E-state index contributed by atoms with van der Waals surface area (Å²) in [6.07, 6.45) is 0.0719. The topological polar surface area (TPSA) is 102 Å². The summed E-state index contributed by atoms with van der Waals surface area (Å²) in [5.41, 5.74) is 2.60. The predicted molar refractivity (Wildman–Crippen MR) is 152 cm³/mol. The molecule has 1 N–H and O–H groups in total. The average molecular weight is 544 g/mol. The number of Topliss-reactive ketones (excluding diaryl/α,β-unsaturated/α-hetero) is 1. The minimum absolute atomic E-state index is 0.0399. The zero-order valence-electron chi connectivity index (χ0n) is 23.5. The van der Waals surface area contributed by atoms with Crippen molar-refractivity contribution in [3.05, 3.63) is 94.6 Å². The number of ketones is 1. The lowest BCUT2D eigenvalue weighted by atomic mass is 9.84. The van der Waals surface area contributed by atoms with Gasteiger partial charge in [0.25, 0.3) is 11.7 Å². The molecule has 0 saturated carbocycles. The third kappa shape index (κ3) is 5.43. The Morgan fingerprint density at radius 2 is 1.62 bits per heavy atom. The molecule has 0 radical (unpaired) electrons. The van der Waals surface area contributed by atoms with Crippen molar-refractivity contribution in [2.75, 3.05) is 26.2 Å². The molecule has 8 nitrogen and oxygen atoms in total. The van der Waals surface area contributed by atoms with E-state index in [4.69, 9.17) is 14.2 Å². The molecule has 1 saturated heterocycles. The molecule has 8 heteroatoms. The number of ether oxygens (including phenoxy) is 3. The highest BCUT2D eigenvalue weighted by atomic mass is 16.5. The second kappa shape index (κ2) is 11.3. The van der Waals surface area contributed by atoms with Crippen LogP contribution < -0.4 is 14.4 Å². The number of methoxy groups -OCH3 is 3. The third-order valence-corrected chi connectivity index (χ3v) is 6.93. The first-order valence-electron chi connectivity index (χ1n) is 12.8. The Balaban J connectivity index is 1.90. The first-order valence-corrected chi connectivity index (χ1v) is 12.8. The number of carbonyl (C=O) groups is 3. The van der Waals surface area contributed by atoms with Crippen LogP contribution in [-0.2, 0) is 31.0 Å². The zero-order valence-corrected chi connectivity index (χ0v) is 23.5. The summed E-state index contributed by atoms with van der Waals surface area (Å²) in [4.78, 5) is 40.2. The van der Waals surface area contributed by atoms with E-state index >= 15 is 0 Å². The second-order valence-corrected chi connectivity index (χ2v) is 10.5. The van der Waals surface area contributed by atoms with Crippen molar-refractivity contribution in [2.24, 2.45) is 0 Å². The van der Waals surface area contributed by atoms with Crippen molar-refractivity contribution < 1.29 is 33.7 Å². The van der Waals surface area contributed by atoms with Crippen molar-refractivity contribution in [1.29, 1.82) is 0 Å². The number of aliphatic hydroxyl groups excluding tert-OH is 1. The van der Waals surface area contributed by atoms with Gasteiger partial charge in [-0.2, -0.15) is 0 Å². The van der Waals surface area contributed by atoms with Crippen LogP contribution in [0.1, 0.15) is 49.1 Å². The number of aliphatic hydroxyl groups is 1. The number of anilines is 1. The molecule has 0 aromatic heterocycles. The van der Waals surface area contributed by atoms with E-state index in [-0.39, 0.29) is 23.2 Å². The molecule has 4 rings (SSSR count). The summed E-state index contributed by atoms with van der Waals surface area (Å²) >= 11 is 0. The quantitative estimate of drug-likeness (QED) is 0.186. The van der Waals surface area contributed by atoms with E-state index in [1.54, 1.807) is 73.8 Å². The van der Waals surface area contributed by atoms with Crippen molar-refractivity contribution in [1.82, 2.24) is 0 Å². The van der Waals surface area contributed by atoms with Crippen LogP contribution in [-0.4, -0.2) is 44.1 Å². The molecule has 1 atom stereocenters. The van der Waals surface area contributed by atoms with Crippen molar-refractivity contribution >= 4 is 29.1 Å². The molecular weight excluding hydrogens is 510 g/mol. The van der Waals surface area contributed by atoms with E-state index in [1.165, 1.54) is 19.1 Å². The molecule has 1 amide bonds. The molecule has 0 aliphatic carbocycles. The van der Waals surface area contributed by atoms with Gasteiger partial charge in [-0.3, -0.25) is 19.3 Å². The molecule has 0 spiro atoms. The molecule has 0 bridgehead atoms. The summed E-state index contributed by atoms with van der Waals surface area (Å²) < 4.78 is 15.7. The Kier molecular flexibility index (Phi) is 8.00. The maximum absolute atomic E-state index is 13.6. The first-order chi connectivity index (χ1) is 19.0. The standard InChI is InChI=1S/C32H33NO7/c1-32(2,3)24-18-21(12-15-25(24)39-5)29(35)27-28(20-8-7-9-23(17-20)38-4)33(31(37)30(27)36)22-13-10-19(11-14-22)16-26(34)40-6/h7-15,17-18,28,35H,16H2,1-6H3/b29-27-. The maximum atomic E-state index is 13.6. The van der Waals surface area contributed by atoms with Gasteiger partial charge in [0.1, 0.15) is 17.3 Å². The highest BCUT2D eigenvalue weighted by molar-refractivity contribution is 6.51. The molecule has 208 valence electrons.